The zero-order valence-electron chi connectivity index (χ0n) is 14.4. The normalized spacial score (nSPS) is 10.7. The average Bonchev–Trinajstić information content (AvgIpc) is 3.10. The topological polar surface area (TPSA) is 140 Å². The number of carbonyl (C=O) groups is 2. The molecule has 8 nitrogen and oxygen atoms in total. The highest BCUT2D eigenvalue weighted by Gasteiger charge is 2.06. The van der Waals surface area contributed by atoms with Crippen LogP contribution in [0.25, 0.3) is 0 Å². The number of carbonyl (C=O) groups excluding carboxylic acids is 2. The SMILES string of the molecule is CCNC(=O)Nc1ccc(C(=N)N)s1.O=CN[C@@H](CO)c1ccccc1. The summed E-state index contributed by atoms with van der Waals surface area (Å²) in [6.45, 7) is 2.34. The Labute approximate surface area is 155 Å². The zero-order valence-corrected chi connectivity index (χ0v) is 15.2. The molecule has 0 saturated carbocycles. The molecule has 0 saturated heterocycles. The van der Waals surface area contributed by atoms with E-state index in [1.54, 1.807) is 12.1 Å². The second-order valence-corrected chi connectivity index (χ2v) is 6.08. The number of amides is 3. The lowest BCUT2D eigenvalue weighted by atomic mass is 10.1. The number of nitrogen functional groups attached to an aromatic ring is 1. The first-order chi connectivity index (χ1) is 12.5. The first-order valence-electron chi connectivity index (χ1n) is 7.86. The summed E-state index contributed by atoms with van der Waals surface area (Å²) >= 11 is 1.27. The van der Waals surface area contributed by atoms with Crippen LogP contribution in [0.2, 0.25) is 0 Å². The Hall–Kier alpha value is -2.91. The molecule has 140 valence electrons. The molecule has 9 heteroatoms. The summed E-state index contributed by atoms with van der Waals surface area (Å²) in [6, 6.07) is 12.2. The summed E-state index contributed by atoms with van der Waals surface area (Å²) in [7, 11) is 0. The lowest BCUT2D eigenvalue weighted by Crippen LogP contribution is -2.27. The van der Waals surface area contributed by atoms with Gasteiger partial charge in [0.2, 0.25) is 6.41 Å². The van der Waals surface area contributed by atoms with Crippen LogP contribution in [0.1, 0.15) is 23.4 Å². The maximum atomic E-state index is 11.1. The maximum absolute atomic E-state index is 11.1. The number of nitrogens with one attached hydrogen (secondary N) is 4. The molecule has 0 bridgehead atoms. The summed E-state index contributed by atoms with van der Waals surface area (Å²) in [4.78, 5) is 21.9. The first kappa shape index (κ1) is 21.1. The monoisotopic (exact) mass is 377 g/mol. The smallest absolute Gasteiger partial charge is 0.319 e. The van der Waals surface area contributed by atoms with Crippen molar-refractivity contribution in [1.82, 2.24) is 10.6 Å². The standard InChI is InChI=1S/C9H11NO2.C8H12N4OS/c11-6-9(10-7-12)8-4-2-1-3-5-8;1-2-11-8(13)12-6-4-3-5(14-6)7(9)10/h1-5,7,9,11H,6H2,(H,10,12);3-4H,2H2,1H3,(H3,9,10)(H2,11,12,13)/t9-;/m0./s1. The van der Waals surface area contributed by atoms with E-state index < -0.39 is 0 Å². The third kappa shape index (κ3) is 7.32. The van der Waals surface area contributed by atoms with E-state index in [9.17, 15) is 9.59 Å². The van der Waals surface area contributed by atoms with E-state index in [1.807, 2.05) is 37.3 Å². The van der Waals surface area contributed by atoms with Crippen molar-refractivity contribution in [3.05, 3.63) is 52.9 Å². The largest absolute Gasteiger partial charge is 0.394 e. The Morgan fingerprint density at radius 1 is 1.31 bits per heavy atom. The van der Waals surface area contributed by atoms with E-state index in [2.05, 4.69) is 16.0 Å². The summed E-state index contributed by atoms with van der Waals surface area (Å²) in [5.74, 6) is 0.0129. The highest BCUT2D eigenvalue weighted by Crippen LogP contribution is 2.20. The van der Waals surface area contributed by atoms with Crippen LogP contribution in [0.4, 0.5) is 9.80 Å². The number of hydrogen-bond acceptors (Lipinski definition) is 5. The van der Waals surface area contributed by atoms with Gasteiger partial charge in [-0.25, -0.2) is 4.79 Å². The van der Waals surface area contributed by atoms with Crippen molar-refractivity contribution in [2.45, 2.75) is 13.0 Å². The molecule has 0 aliphatic rings. The molecule has 2 aromatic rings. The van der Waals surface area contributed by atoms with Crippen molar-refractivity contribution in [2.75, 3.05) is 18.5 Å². The number of rotatable bonds is 7. The molecule has 7 N–H and O–H groups in total. The number of nitrogens with two attached hydrogens (primary N) is 1. The summed E-state index contributed by atoms with van der Waals surface area (Å²) in [5, 5.41) is 24.5. The third-order valence-corrected chi connectivity index (χ3v) is 4.13. The molecule has 1 heterocycles. The highest BCUT2D eigenvalue weighted by molar-refractivity contribution is 7.18. The van der Waals surface area contributed by atoms with Crippen molar-refractivity contribution in [1.29, 1.82) is 5.41 Å². The number of urea groups is 1. The lowest BCUT2D eigenvalue weighted by Gasteiger charge is -2.12. The van der Waals surface area contributed by atoms with Crippen LogP contribution in [-0.4, -0.2) is 36.5 Å². The minimum absolute atomic E-state index is 0.0129. The molecule has 26 heavy (non-hydrogen) atoms. The van der Waals surface area contributed by atoms with Gasteiger partial charge in [-0.05, 0) is 24.6 Å². The van der Waals surface area contributed by atoms with Crippen LogP contribution in [0.3, 0.4) is 0 Å². The number of thiophene rings is 1. The first-order valence-corrected chi connectivity index (χ1v) is 8.68. The number of benzene rings is 1. The molecule has 0 aliphatic heterocycles. The van der Waals surface area contributed by atoms with E-state index in [-0.39, 0.29) is 24.5 Å². The van der Waals surface area contributed by atoms with Crippen LogP contribution in [0, 0.1) is 5.41 Å². The lowest BCUT2D eigenvalue weighted by molar-refractivity contribution is -0.110. The van der Waals surface area contributed by atoms with Gasteiger partial charge in [-0.15, -0.1) is 11.3 Å². The second-order valence-electron chi connectivity index (χ2n) is 4.99. The third-order valence-electron chi connectivity index (χ3n) is 3.10. The van der Waals surface area contributed by atoms with Crippen molar-refractivity contribution in [3.8, 4) is 0 Å². The van der Waals surface area contributed by atoms with E-state index in [0.717, 1.165) is 5.56 Å². The minimum atomic E-state index is -0.288. The second kappa shape index (κ2) is 11.6. The number of hydrogen-bond donors (Lipinski definition) is 6. The molecule has 2 rings (SSSR count). The van der Waals surface area contributed by atoms with Gasteiger partial charge < -0.3 is 21.5 Å². The van der Waals surface area contributed by atoms with Gasteiger partial charge in [0.1, 0.15) is 5.84 Å². The summed E-state index contributed by atoms with van der Waals surface area (Å²) < 4.78 is 0. The van der Waals surface area contributed by atoms with Crippen LogP contribution >= 0.6 is 11.3 Å². The van der Waals surface area contributed by atoms with Gasteiger partial charge in [0.15, 0.2) is 0 Å². The molecule has 0 fully saturated rings. The Balaban J connectivity index is 0.000000263. The molecule has 1 aromatic carbocycles. The van der Waals surface area contributed by atoms with E-state index >= 15 is 0 Å². The zero-order chi connectivity index (χ0) is 19.4. The highest BCUT2D eigenvalue weighted by atomic mass is 32.1. The van der Waals surface area contributed by atoms with Gasteiger partial charge in [0, 0.05) is 6.54 Å². The number of anilines is 1. The van der Waals surface area contributed by atoms with Crippen molar-refractivity contribution >= 4 is 34.6 Å². The van der Waals surface area contributed by atoms with Crippen molar-refractivity contribution < 1.29 is 14.7 Å². The Kier molecular flexibility index (Phi) is 9.44. The van der Waals surface area contributed by atoms with E-state index in [4.69, 9.17) is 16.2 Å². The molecule has 0 unspecified atom stereocenters. The molecule has 1 aromatic heterocycles. The fraction of sp³-hybridized carbons (Fsp3) is 0.235. The minimum Gasteiger partial charge on any atom is -0.394 e. The summed E-state index contributed by atoms with van der Waals surface area (Å²) in [5.41, 5.74) is 6.19. The fourth-order valence-corrected chi connectivity index (χ4v) is 2.65. The quantitative estimate of drug-likeness (QED) is 0.248. The fourth-order valence-electron chi connectivity index (χ4n) is 1.89. The van der Waals surface area contributed by atoms with Crippen molar-refractivity contribution in [3.63, 3.8) is 0 Å². The van der Waals surface area contributed by atoms with Crippen LogP contribution in [0.5, 0.6) is 0 Å². The Morgan fingerprint density at radius 2 is 2.00 bits per heavy atom. The molecule has 1 atom stereocenters. The van der Waals surface area contributed by atoms with Gasteiger partial charge in [0.05, 0.1) is 22.5 Å². The molecule has 0 spiro atoms. The molecular formula is C17H23N5O3S. The number of aliphatic hydroxyl groups is 1. The van der Waals surface area contributed by atoms with Gasteiger partial charge in [0.25, 0.3) is 0 Å². The molecular weight excluding hydrogens is 354 g/mol. The van der Waals surface area contributed by atoms with Gasteiger partial charge in [-0.1, -0.05) is 30.3 Å². The number of amidine groups is 1. The Bertz CT molecular complexity index is 705. The molecule has 0 aliphatic carbocycles. The van der Waals surface area contributed by atoms with Crippen LogP contribution < -0.4 is 21.7 Å². The van der Waals surface area contributed by atoms with Gasteiger partial charge in [-0.3, -0.25) is 15.5 Å². The summed E-state index contributed by atoms with van der Waals surface area (Å²) in [6.07, 6.45) is 0.591. The predicted octanol–water partition coefficient (Wildman–Crippen LogP) is 1.64. The Morgan fingerprint density at radius 3 is 2.50 bits per heavy atom. The maximum Gasteiger partial charge on any atom is 0.319 e. The van der Waals surface area contributed by atoms with E-state index in [0.29, 0.717) is 22.8 Å². The molecule has 0 radical (unpaired) electrons. The average molecular weight is 377 g/mol. The van der Waals surface area contributed by atoms with Gasteiger partial charge in [-0.2, -0.15) is 0 Å². The van der Waals surface area contributed by atoms with Crippen LogP contribution in [0.15, 0.2) is 42.5 Å². The number of aliphatic hydroxyl groups excluding tert-OH is 1. The predicted molar refractivity (Wildman–Crippen MR) is 103 cm³/mol. The van der Waals surface area contributed by atoms with E-state index in [1.165, 1.54) is 11.3 Å². The van der Waals surface area contributed by atoms with Crippen LogP contribution in [-0.2, 0) is 4.79 Å². The molecule has 3 amide bonds. The van der Waals surface area contributed by atoms with Crippen molar-refractivity contribution in [2.24, 2.45) is 5.73 Å². The van der Waals surface area contributed by atoms with Gasteiger partial charge >= 0.3 is 6.03 Å².